The van der Waals surface area contributed by atoms with Crippen LogP contribution < -0.4 is 4.74 Å². The molecule has 0 aliphatic heterocycles. The molecule has 19 heavy (non-hydrogen) atoms. The van der Waals surface area contributed by atoms with Gasteiger partial charge in [-0.2, -0.15) is 0 Å². The van der Waals surface area contributed by atoms with Crippen LogP contribution in [-0.4, -0.2) is 36.7 Å². The van der Waals surface area contributed by atoms with Crippen LogP contribution in [0.1, 0.15) is 43.9 Å². The Labute approximate surface area is 115 Å². The first-order valence-electron chi connectivity index (χ1n) is 6.44. The molecule has 1 unspecified atom stereocenters. The second-order valence-corrected chi connectivity index (χ2v) is 4.98. The fraction of sp³-hybridized carbons (Fsp3) is 0.533. The van der Waals surface area contributed by atoms with Crippen molar-refractivity contribution in [1.29, 1.82) is 0 Å². The number of aliphatic hydroxyl groups excluding tert-OH is 1. The summed E-state index contributed by atoms with van der Waals surface area (Å²) >= 11 is 0. The van der Waals surface area contributed by atoms with Gasteiger partial charge in [0.25, 0.3) is 0 Å². The minimum absolute atomic E-state index is 0.0889. The molecule has 0 aromatic heterocycles. The largest absolute Gasteiger partial charge is 0.496 e. The molecule has 0 saturated carbocycles. The highest BCUT2D eigenvalue weighted by Gasteiger charge is 2.22. The van der Waals surface area contributed by atoms with Crippen LogP contribution in [0.4, 0.5) is 0 Å². The number of ether oxygens (including phenoxy) is 1. The Balaban J connectivity index is 3.20. The molecule has 0 heterocycles. The molecule has 1 aromatic carbocycles. The van der Waals surface area contributed by atoms with Crippen molar-refractivity contribution >= 4 is 5.91 Å². The van der Waals surface area contributed by atoms with E-state index in [2.05, 4.69) is 13.8 Å². The predicted octanol–water partition coefficient (Wildman–Crippen LogP) is 2.33. The van der Waals surface area contributed by atoms with Gasteiger partial charge in [-0.15, -0.1) is 0 Å². The number of benzene rings is 1. The van der Waals surface area contributed by atoms with Gasteiger partial charge in [0.1, 0.15) is 5.75 Å². The normalized spacial score (nSPS) is 12.4. The standard InChI is InChI=1S/C15H23NO3/c1-10(2)12-6-7-13(15(8-12)19-5)14(9-17)16(4)11(3)18/h6-8,10,14,17H,9H2,1-5H3. The molecule has 0 saturated heterocycles. The average Bonchev–Trinajstić information content (AvgIpc) is 2.39. The lowest BCUT2D eigenvalue weighted by Gasteiger charge is -2.27. The molecule has 1 rings (SSSR count). The van der Waals surface area contributed by atoms with Gasteiger partial charge < -0.3 is 14.7 Å². The Hall–Kier alpha value is -1.55. The van der Waals surface area contributed by atoms with Crippen LogP contribution in [0.15, 0.2) is 18.2 Å². The molecule has 0 fully saturated rings. The quantitative estimate of drug-likeness (QED) is 0.889. The summed E-state index contributed by atoms with van der Waals surface area (Å²) < 4.78 is 5.40. The van der Waals surface area contributed by atoms with Gasteiger partial charge in [-0.05, 0) is 17.5 Å². The Morgan fingerprint density at radius 1 is 1.42 bits per heavy atom. The summed E-state index contributed by atoms with van der Waals surface area (Å²) in [7, 11) is 3.28. The molecule has 1 atom stereocenters. The Morgan fingerprint density at radius 3 is 2.47 bits per heavy atom. The lowest BCUT2D eigenvalue weighted by Crippen LogP contribution is -2.31. The third kappa shape index (κ3) is 3.47. The third-order valence-electron chi connectivity index (χ3n) is 3.42. The van der Waals surface area contributed by atoms with Crippen LogP contribution in [0.2, 0.25) is 0 Å². The van der Waals surface area contributed by atoms with Gasteiger partial charge in [0.05, 0.1) is 19.8 Å². The first kappa shape index (κ1) is 15.5. The van der Waals surface area contributed by atoms with Gasteiger partial charge in [-0.25, -0.2) is 0 Å². The first-order valence-corrected chi connectivity index (χ1v) is 6.44. The van der Waals surface area contributed by atoms with Crippen molar-refractivity contribution in [2.24, 2.45) is 0 Å². The van der Waals surface area contributed by atoms with E-state index >= 15 is 0 Å². The lowest BCUT2D eigenvalue weighted by atomic mass is 9.97. The molecule has 0 spiro atoms. The van der Waals surface area contributed by atoms with Gasteiger partial charge in [0, 0.05) is 19.5 Å². The van der Waals surface area contributed by atoms with E-state index < -0.39 is 0 Å². The molecule has 4 heteroatoms. The molecule has 0 bridgehead atoms. The second kappa shape index (κ2) is 6.57. The molecule has 0 aliphatic carbocycles. The highest BCUT2D eigenvalue weighted by atomic mass is 16.5. The van der Waals surface area contributed by atoms with Crippen molar-refractivity contribution in [2.45, 2.75) is 32.7 Å². The summed E-state index contributed by atoms with van der Waals surface area (Å²) in [6, 6.07) is 5.53. The predicted molar refractivity (Wildman–Crippen MR) is 75.4 cm³/mol. The minimum atomic E-state index is -0.381. The fourth-order valence-electron chi connectivity index (χ4n) is 2.01. The molecule has 1 N–H and O–H groups in total. The topological polar surface area (TPSA) is 49.8 Å². The average molecular weight is 265 g/mol. The van der Waals surface area contributed by atoms with Crippen molar-refractivity contribution in [2.75, 3.05) is 20.8 Å². The first-order chi connectivity index (χ1) is 8.92. The zero-order chi connectivity index (χ0) is 14.6. The summed E-state index contributed by atoms with van der Waals surface area (Å²) in [5.74, 6) is 1.02. The smallest absolute Gasteiger partial charge is 0.219 e. The molecule has 1 aromatic rings. The monoisotopic (exact) mass is 265 g/mol. The number of amides is 1. The van der Waals surface area contributed by atoms with E-state index in [0.717, 1.165) is 5.56 Å². The molecule has 1 amide bonds. The number of methoxy groups -OCH3 is 1. The SMILES string of the molecule is COc1cc(C(C)C)ccc1C(CO)N(C)C(C)=O. The number of carbonyl (C=O) groups is 1. The van der Waals surface area contributed by atoms with Crippen molar-refractivity contribution < 1.29 is 14.6 Å². The number of hydrogen-bond donors (Lipinski definition) is 1. The zero-order valence-corrected chi connectivity index (χ0v) is 12.3. The molecule has 4 nitrogen and oxygen atoms in total. The number of likely N-dealkylation sites (N-methyl/N-ethyl adjacent to an activating group) is 1. The summed E-state index contributed by atoms with van der Waals surface area (Å²) in [6.07, 6.45) is 0. The molecule has 106 valence electrons. The Morgan fingerprint density at radius 2 is 2.05 bits per heavy atom. The number of carbonyl (C=O) groups excluding carboxylic acids is 1. The third-order valence-corrected chi connectivity index (χ3v) is 3.42. The van der Waals surface area contributed by atoms with Crippen molar-refractivity contribution in [3.63, 3.8) is 0 Å². The highest BCUT2D eigenvalue weighted by molar-refractivity contribution is 5.73. The molecular formula is C15H23NO3. The van der Waals surface area contributed by atoms with E-state index in [9.17, 15) is 9.90 Å². The maximum absolute atomic E-state index is 11.5. The summed E-state index contributed by atoms with van der Waals surface area (Å²) in [6.45, 7) is 5.57. The van der Waals surface area contributed by atoms with Gasteiger partial charge >= 0.3 is 0 Å². The number of hydrogen-bond acceptors (Lipinski definition) is 3. The van der Waals surface area contributed by atoms with Gasteiger partial charge in [0.15, 0.2) is 0 Å². The lowest BCUT2D eigenvalue weighted by molar-refractivity contribution is -0.130. The van der Waals surface area contributed by atoms with E-state index in [1.165, 1.54) is 17.4 Å². The number of rotatable bonds is 5. The van der Waals surface area contributed by atoms with Gasteiger partial charge in [0.2, 0.25) is 5.91 Å². The summed E-state index contributed by atoms with van der Waals surface area (Å²) in [5.41, 5.74) is 2.00. The minimum Gasteiger partial charge on any atom is -0.496 e. The fourth-order valence-corrected chi connectivity index (χ4v) is 2.01. The van der Waals surface area contributed by atoms with Crippen molar-refractivity contribution in [1.82, 2.24) is 4.90 Å². The van der Waals surface area contributed by atoms with E-state index in [4.69, 9.17) is 4.74 Å². The highest BCUT2D eigenvalue weighted by Crippen LogP contribution is 2.31. The second-order valence-electron chi connectivity index (χ2n) is 4.98. The Bertz CT molecular complexity index is 443. The van der Waals surface area contributed by atoms with Crippen LogP contribution in [0.3, 0.4) is 0 Å². The maximum atomic E-state index is 11.5. The molecule has 0 aliphatic rings. The molecular weight excluding hydrogens is 242 g/mol. The van der Waals surface area contributed by atoms with E-state index in [1.807, 2.05) is 18.2 Å². The van der Waals surface area contributed by atoms with Crippen LogP contribution in [0.5, 0.6) is 5.75 Å². The van der Waals surface area contributed by atoms with Crippen molar-refractivity contribution in [3.05, 3.63) is 29.3 Å². The summed E-state index contributed by atoms with van der Waals surface area (Å²) in [4.78, 5) is 13.0. The number of nitrogens with zero attached hydrogens (tertiary/aromatic N) is 1. The van der Waals surface area contributed by atoms with E-state index in [-0.39, 0.29) is 18.6 Å². The van der Waals surface area contributed by atoms with Crippen LogP contribution in [0, 0.1) is 0 Å². The Kier molecular flexibility index (Phi) is 5.36. The zero-order valence-electron chi connectivity index (χ0n) is 12.3. The maximum Gasteiger partial charge on any atom is 0.219 e. The van der Waals surface area contributed by atoms with Gasteiger partial charge in [-0.3, -0.25) is 4.79 Å². The van der Waals surface area contributed by atoms with Crippen LogP contribution in [0.25, 0.3) is 0 Å². The summed E-state index contributed by atoms with van der Waals surface area (Å²) in [5, 5.41) is 9.55. The van der Waals surface area contributed by atoms with Crippen LogP contribution in [-0.2, 0) is 4.79 Å². The van der Waals surface area contributed by atoms with Crippen molar-refractivity contribution in [3.8, 4) is 5.75 Å². The van der Waals surface area contributed by atoms with E-state index in [0.29, 0.717) is 11.7 Å². The van der Waals surface area contributed by atoms with E-state index in [1.54, 1.807) is 14.2 Å². The number of aliphatic hydroxyl groups is 1. The van der Waals surface area contributed by atoms with Gasteiger partial charge in [-0.1, -0.05) is 26.0 Å². The van der Waals surface area contributed by atoms with Crippen LogP contribution >= 0.6 is 0 Å². The molecule has 0 radical (unpaired) electrons.